The minimum Gasteiger partial charge on any atom is -0.481 e. The van der Waals surface area contributed by atoms with E-state index in [1.807, 2.05) is 20.8 Å². The summed E-state index contributed by atoms with van der Waals surface area (Å²) in [5.74, 6) is -3.63. The van der Waals surface area contributed by atoms with E-state index in [0.717, 1.165) is 0 Å². The van der Waals surface area contributed by atoms with E-state index in [0.29, 0.717) is 24.0 Å². The molecule has 2 saturated carbocycles. The summed E-state index contributed by atoms with van der Waals surface area (Å²) in [4.78, 5) is 64.8. The minimum absolute atomic E-state index is 0.0159. The van der Waals surface area contributed by atoms with Crippen LogP contribution in [-0.2, 0) is 24.0 Å². The molecule has 210 valence electrons. The normalized spacial score (nSPS) is 40.7. The highest BCUT2D eigenvalue weighted by molar-refractivity contribution is 6.05. The highest BCUT2D eigenvalue weighted by Gasteiger charge is 2.71. The van der Waals surface area contributed by atoms with E-state index in [-0.39, 0.29) is 55.4 Å². The summed E-state index contributed by atoms with van der Waals surface area (Å²) in [6, 6.07) is 0. The maximum atomic E-state index is 14.1. The molecule has 4 rings (SSSR count). The molecule has 3 unspecified atom stereocenters. The smallest absolute Gasteiger partial charge is 0.306 e. The van der Waals surface area contributed by atoms with E-state index in [1.54, 1.807) is 13.8 Å². The average Bonchev–Trinajstić information content (AvgIpc) is 2.99. The average molecular weight is 531 g/mol. The molecule has 3 N–H and O–H groups in total. The van der Waals surface area contributed by atoms with Gasteiger partial charge in [0.05, 0.1) is 23.0 Å². The third-order valence-electron chi connectivity index (χ3n) is 11.3. The molecular formula is C30H42O8. The van der Waals surface area contributed by atoms with Gasteiger partial charge in [-0.3, -0.25) is 24.0 Å². The van der Waals surface area contributed by atoms with Crippen LogP contribution in [0.4, 0.5) is 0 Å². The summed E-state index contributed by atoms with van der Waals surface area (Å²) in [7, 11) is 0. The van der Waals surface area contributed by atoms with Crippen molar-refractivity contribution in [3.8, 4) is 0 Å². The molecule has 8 heteroatoms. The number of carboxylic acid groups (broad SMARTS) is 1. The number of aliphatic hydroxyl groups excluding tert-OH is 1. The number of carbonyl (C=O) groups is 5. The van der Waals surface area contributed by atoms with Crippen LogP contribution in [0.3, 0.4) is 0 Å². The Kier molecular flexibility index (Phi) is 6.56. The van der Waals surface area contributed by atoms with Gasteiger partial charge in [-0.1, -0.05) is 34.6 Å². The van der Waals surface area contributed by atoms with E-state index in [2.05, 4.69) is 0 Å². The van der Waals surface area contributed by atoms with Crippen LogP contribution in [0, 0.1) is 39.4 Å². The second kappa shape index (κ2) is 8.65. The highest BCUT2D eigenvalue weighted by Crippen LogP contribution is 2.70. The van der Waals surface area contributed by atoms with Gasteiger partial charge in [0, 0.05) is 54.4 Å². The van der Waals surface area contributed by atoms with Gasteiger partial charge in [0.15, 0.2) is 5.78 Å². The van der Waals surface area contributed by atoms with Gasteiger partial charge in [0.25, 0.3) is 0 Å². The molecule has 0 aromatic rings. The zero-order valence-electron chi connectivity index (χ0n) is 23.6. The Balaban J connectivity index is 1.79. The number of Topliss-reactive ketones (excluding diaryl/α,β-unsaturated/α-hetero) is 4. The molecule has 0 radical (unpaired) electrons. The van der Waals surface area contributed by atoms with Gasteiger partial charge in [-0.05, 0) is 43.6 Å². The Morgan fingerprint density at radius 1 is 1.08 bits per heavy atom. The van der Waals surface area contributed by atoms with Gasteiger partial charge < -0.3 is 15.3 Å². The van der Waals surface area contributed by atoms with Crippen molar-refractivity contribution in [1.29, 1.82) is 0 Å². The van der Waals surface area contributed by atoms with E-state index >= 15 is 0 Å². The first-order chi connectivity index (χ1) is 17.2. The summed E-state index contributed by atoms with van der Waals surface area (Å²) >= 11 is 0. The van der Waals surface area contributed by atoms with Gasteiger partial charge in [-0.25, -0.2) is 0 Å². The Hall–Kier alpha value is -2.19. The molecule has 4 aliphatic carbocycles. The summed E-state index contributed by atoms with van der Waals surface area (Å²) in [6.07, 6.45) is -0.624. The molecule has 8 nitrogen and oxygen atoms in total. The number of carbonyl (C=O) groups excluding carboxylic acids is 4. The third kappa shape index (κ3) is 3.73. The van der Waals surface area contributed by atoms with Crippen molar-refractivity contribution in [1.82, 2.24) is 0 Å². The van der Waals surface area contributed by atoms with Gasteiger partial charge >= 0.3 is 5.97 Å². The topological polar surface area (TPSA) is 146 Å². The predicted molar refractivity (Wildman–Crippen MR) is 138 cm³/mol. The fourth-order valence-corrected chi connectivity index (χ4v) is 8.97. The minimum atomic E-state index is -1.65. The fraction of sp³-hybridized carbons (Fsp3) is 0.767. The van der Waals surface area contributed by atoms with Crippen molar-refractivity contribution in [2.45, 2.75) is 105 Å². The first-order valence-electron chi connectivity index (χ1n) is 13.7. The van der Waals surface area contributed by atoms with Crippen molar-refractivity contribution in [2.24, 2.45) is 39.4 Å². The quantitative estimate of drug-likeness (QED) is 0.473. The summed E-state index contributed by atoms with van der Waals surface area (Å²) in [5.41, 5.74) is -4.36. The van der Waals surface area contributed by atoms with Crippen LogP contribution in [0.2, 0.25) is 0 Å². The summed E-state index contributed by atoms with van der Waals surface area (Å²) in [6.45, 7) is 12.2. The number of hydrogen-bond acceptors (Lipinski definition) is 7. The third-order valence-corrected chi connectivity index (χ3v) is 11.3. The lowest BCUT2D eigenvalue weighted by atomic mass is 9.42. The maximum absolute atomic E-state index is 14.1. The second-order valence-corrected chi connectivity index (χ2v) is 14.0. The van der Waals surface area contributed by atoms with Crippen molar-refractivity contribution in [3.63, 3.8) is 0 Å². The first kappa shape index (κ1) is 28.8. The molecule has 0 saturated heterocycles. The zero-order chi connectivity index (χ0) is 28.8. The Morgan fingerprint density at radius 3 is 2.26 bits per heavy atom. The molecule has 2 fully saturated rings. The molecule has 0 aromatic heterocycles. The number of carboxylic acids is 1. The highest BCUT2D eigenvalue weighted by atomic mass is 16.4. The second-order valence-electron chi connectivity index (χ2n) is 14.0. The maximum Gasteiger partial charge on any atom is 0.306 e. The van der Waals surface area contributed by atoms with Gasteiger partial charge in [0.2, 0.25) is 0 Å². The molecule has 0 aromatic carbocycles. The van der Waals surface area contributed by atoms with Gasteiger partial charge in [-0.15, -0.1) is 0 Å². The van der Waals surface area contributed by atoms with Crippen LogP contribution in [0.5, 0.6) is 0 Å². The number of allylic oxidation sites excluding steroid dienone is 1. The molecule has 38 heavy (non-hydrogen) atoms. The number of ketones is 4. The predicted octanol–water partition coefficient (Wildman–Crippen LogP) is 3.45. The van der Waals surface area contributed by atoms with Crippen LogP contribution in [-0.4, -0.2) is 56.1 Å². The van der Waals surface area contributed by atoms with Crippen LogP contribution < -0.4 is 0 Å². The first-order valence-corrected chi connectivity index (χ1v) is 13.7. The van der Waals surface area contributed by atoms with Gasteiger partial charge in [-0.2, -0.15) is 0 Å². The van der Waals surface area contributed by atoms with E-state index in [4.69, 9.17) is 0 Å². The fourth-order valence-electron chi connectivity index (χ4n) is 8.97. The number of aliphatic hydroxyl groups is 2. The lowest BCUT2D eigenvalue weighted by Crippen LogP contribution is -2.60. The number of aliphatic carboxylic acids is 1. The number of fused-ring (bicyclic) bond motifs is 4. The molecule has 0 amide bonds. The van der Waals surface area contributed by atoms with Crippen molar-refractivity contribution >= 4 is 29.1 Å². The van der Waals surface area contributed by atoms with Gasteiger partial charge in [0.1, 0.15) is 17.3 Å². The zero-order valence-corrected chi connectivity index (χ0v) is 23.6. The van der Waals surface area contributed by atoms with Crippen LogP contribution >= 0.6 is 0 Å². The summed E-state index contributed by atoms with van der Waals surface area (Å²) in [5, 5.41) is 32.4. The molecule has 4 aliphatic rings. The number of hydrogen-bond donors (Lipinski definition) is 3. The lowest BCUT2D eigenvalue weighted by molar-refractivity contribution is -0.150. The largest absolute Gasteiger partial charge is 0.481 e. The van der Waals surface area contributed by atoms with Crippen molar-refractivity contribution in [3.05, 3.63) is 11.1 Å². The van der Waals surface area contributed by atoms with Crippen molar-refractivity contribution in [2.75, 3.05) is 0 Å². The standard InChI is InChI=1S/C30H42O8/c1-15(25(36)37)10-16(31)13-29(6,38)20-12-22(35)30(7)24-17(32)11-19-26(2,3)21(34)8-9-27(19,4)23(24)18(33)14-28(20,30)5/h15,17,19-20,32,38H,8-14H2,1-7H3,(H,36,37)/t15?,17-,19?,20?,27-,28+,29-,30-/m0/s1. The number of rotatable bonds is 6. The SMILES string of the molecule is CC(CC(=O)C[C@](C)(O)C1CC(=O)[C@@]2(C)C3=C(C(=O)C[C@]12C)[C@@]1(C)CCC(=O)C(C)(C)C1C[C@@H]3O)C(=O)O. The van der Waals surface area contributed by atoms with E-state index in [9.17, 15) is 39.3 Å². The van der Waals surface area contributed by atoms with E-state index in [1.165, 1.54) is 13.8 Å². The Morgan fingerprint density at radius 2 is 1.68 bits per heavy atom. The molecule has 0 spiro atoms. The molecular weight excluding hydrogens is 488 g/mol. The lowest BCUT2D eigenvalue weighted by Gasteiger charge is -2.60. The molecule has 8 atom stereocenters. The van der Waals surface area contributed by atoms with Crippen molar-refractivity contribution < 1.29 is 39.3 Å². The summed E-state index contributed by atoms with van der Waals surface area (Å²) < 4.78 is 0. The van der Waals surface area contributed by atoms with Crippen LogP contribution in [0.25, 0.3) is 0 Å². The molecule has 0 aliphatic heterocycles. The van der Waals surface area contributed by atoms with Crippen LogP contribution in [0.15, 0.2) is 11.1 Å². The molecule has 0 heterocycles. The van der Waals surface area contributed by atoms with Crippen LogP contribution in [0.1, 0.15) is 93.4 Å². The monoisotopic (exact) mass is 530 g/mol. The Labute approximate surface area is 224 Å². The van der Waals surface area contributed by atoms with E-state index < -0.39 is 57.0 Å². The Bertz CT molecular complexity index is 1160. The molecule has 0 bridgehead atoms.